The van der Waals surface area contributed by atoms with Gasteiger partial charge in [0.15, 0.2) is 0 Å². The van der Waals surface area contributed by atoms with Gasteiger partial charge in [-0.05, 0) is 57.0 Å². The van der Waals surface area contributed by atoms with E-state index in [0.717, 1.165) is 38.8 Å². The molecule has 1 aromatic carbocycles. The van der Waals surface area contributed by atoms with E-state index >= 15 is 0 Å². The molecule has 1 aromatic rings. The van der Waals surface area contributed by atoms with Crippen LogP contribution < -0.4 is 5.32 Å². The molecule has 26 heavy (non-hydrogen) atoms. The molecule has 0 spiro atoms. The molecular weight excluding hydrogens is 373 g/mol. The van der Waals surface area contributed by atoms with Gasteiger partial charge in [0.1, 0.15) is 0 Å². The number of nitrogens with zero attached hydrogens (tertiary/aromatic N) is 2. The number of nitrogens with one attached hydrogen (secondary N) is 1. The minimum atomic E-state index is -0.0730. The summed E-state index contributed by atoms with van der Waals surface area (Å²) in [6, 6.07) is 7.47. The van der Waals surface area contributed by atoms with Gasteiger partial charge in [-0.2, -0.15) is 0 Å². The Kier molecular flexibility index (Phi) is 7.74. The first kappa shape index (κ1) is 21.0. The summed E-state index contributed by atoms with van der Waals surface area (Å²) in [5.41, 5.74) is 0.632. The van der Waals surface area contributed by atoms with Crippen molar-refractivity contribution < 1.29 is 9.59 Å². The van der Waals surface area contributed by atoms with Crippen LogP contribution in [0.5, 0.6) is 0 Å². The van der Waals surface area contributed by atoms with Crippen LogP contribution in [0.2, 0.25) is 5.02 Å². The molecule has 0 radical (unpaired) electrons. The third kappa shape index (κ3) is 4.90. The van der Waals surface area contributed by atoms with Crippen molar-refractivity contribution in [2.45, 2.75) is 31.7 Å². The van der Waals surface area contributed by atoms with Gasteiger partial charge in [-0.15, -0.1) is 12.4 Å². The zero-order chi connectivity index (χ0) is 17.8. The molecule has 2 aliphatic rings. The van der Waals surface area contributed by atoms with E-state index in [-0.39, 0.29) is 30.1 Å². The Labute approximate surface area is 166 Å². The molecule has 1 unspecified atom stereocenters. The topological polar surface area (TPSA) is 52.7 Å². The maximum atomic E-state index is 12.8. The Hall–Kier alpha value is -1.30. The Morgan fingerprint density at radius 2 is 1.69 bits per heavy atom. The van der Waals surface area contributed by atoms with E-state index in [1.807, 2.05) is 16.8 Å². The number of halogens is 2. The molecule has 2 fully saturated rings. The smallest absolute Gasteiger partial charge is 0.253 e. The van der Waals surface area contributed by atoms with E-state index in [0.29, 0.717) is 29.7 Å². The van der Waals surface area contributed by atoms with Crippen LogP contribution in [0, 0.1) is 5.92 Å². The maximum absolute atomic E-state index is 12.8. The van der Waals surface area contributed by atoms with E-state index in [9.17, 15) is 9.59 Å². The Morgan fingerprint density at radius 3 is 2.31 bits per heavy atom. The molecule has 0 saturated carbocycles. The van der Waals surface area contributed by atoms with Gasteiger partial charge in [0, 0.05) is 42.8 Å². The fourth-order valence-corrected chi connectivity index (χ4v) is 3.91. The van der Waals surface area contributed by atoms with Crippen molar-refractivity contribution in [3.8, 4) is 0 Å². The lowest BCUT2D eigenvalue weighted by atomic mass is 9.94. The maximum Gasteiger partial charge on any atom is 0.253 e. The van der Waals surface area contributed by atoms with Crippen LogP contribution in [0.4, 0.5) is 0 Å². The minimum absolute atomic E-state index is 0. The first-order valence-electron chi connectivity index (χ1n) is 9.09. The second kappa shape index (κ2) is 9.58. The van der Waals surface area contributed by atoms with Gasteiger partial charge in [0.25, 0.3) is 5.91 Å². The highest BCUT2D eigenvalue weighted by molar-refractivity contribution is 6.30. The number of amides is 2. The Bertz CT molecular complexity index is 616. The first-order chi connectivity index (χ1) is 12.1. The second-order valence-corrected chi connectivity index (χ2v) is 7.42. The molecule has 0 aliphatic carbocycles. The lowest BCUT2D eigenvalue weighted by molar-refractivity contribution is -0.138. The van der Waals surface area contributed by atoms with E-state index < -0.39 is 0 Å². The molecule has 144 valence electrons. The van der Waals surface area contributed by atoms with E-state index in [4.69, 9.17) is 11.6 Å². The van der Waals surface area contributed by atoms with Crippen molar-refractivity contribution in [3.63, 3.8) is 0 Å². The number of piperidine rings is 2. The average molecular weight is 400 g/mol. The summed E-state index contributed by atoms with van der Waals surface area (Å²) in [4.78, 5) is 29.3. The van der Waals surface area contributed by atoms with Crippen molar-refractivity contribution in [2.75, 3.05) is 33.2 Å². The number of likely N-dealkylation sites (tertiary alicyclic amines) is 2. The summed E-state index contributed by atoms with van der Waals surface area (Å²) in [6.07, 6.45) is 3.75. The Morgan fingerprint density at radius 1 is 1.04 bits per heavy atom. The van der Waals surface area contributed by atoms with Gasteiger partial charge in [-0.1, -0.05) is 11.6 Å². The van der Waals surface area contributed by atoms with Crippen molar-refractivity contribution in [2.24, 2.45) is 5.92 Å². The molecular formula is C19H27Cl2N3O2. The second-order valence-electron chi connectivity index (χ2n) is 6.99. The van der Waals surface area contributed by atoms with Gasteiger partial charge < -0.3 is 15.1 Å². The molecule has 2 heterocycles. The molecule has 1 N–H and O–H groups in total. The summed E-state index contributed by atoms with van der Waals surface area (Å²) in [5.74, 6) is 0.127. The van der Waals surface area contributed by atoms with Gasteiger partial charge in [0.05, 0.1) is 5.92 Å². The highest BCUT2D eigenvalue weighted by atomic mass is 35.5. The van der Waals surface area contributed by atoms with Gasteiger partial charge in [-0.3, -0.25) is 9.59 Å². The monoisotopic (exact) mass is 399 g/mol. The number of benzene rings is 1. The lowest BCUT2D eigenvalue weighted by Gasteiger charge is -2.37. The molecule has 2 saturated heterocycles. The summed E-state index contributed by atoms with van der Waals surface area (Å²) in [6.45, 7) is 2.86. The van der Waals surface area contributed by atoms with Crippen LogP contribution in [-0.2, 0) is 4.79 Å². The van der Waals surface area contributed by atoms with Crippen LogP contribution in [0.3, 0.4) is 0 Å². The predicted octanol–water partition coefficient (Wildman–Crippen LogP) is 2.82. The van der Waals surface area contributed by atoms with Crippen LogP contribution in [0.25, 0.3) is 0 Å². The molecule has 3 rings (SSSR count). The van der Waals surface area contributed by atoms with E-state index in [1.165, 1.54) is 0 Å². The molecule has 7 heteroatoms. The predicted molar refractivity (Wildman–Crippen MR) is 106 cm³/mol. The van der Waals surface area contributed by atoms with Crippen LogP contribution >= 0.6 is 24.0 Å². The highest BCUT2D eigenvalue weighted by Crippen LogP contribution is 2.23. The normalized spacial score (nSPS) is 21.2. The summed E-state index contributed by atoms with van der Waals surface area (Å²) in [7, 11) is 1.98. The SMILES string of the molecule is CNC1CCN(C(=O)C2CCCN(C(=O)c3ccc(Cl)cc3)C2)CC1.Cl. The van der Waals surface area contributed by atoms with Crippen LogP contribution in [0.15, 0.2) is 24.3 Å². The number of carbonyl (C=O) groups excluding carboxylic acids is 2. The zero-order valence-electron chi connectivity index (χ0n) is 15.1. The minimum Gasteiger partial charge on any atom is -0.342 e. The standard InChI is InChI=1S/C19H26ClN3O2.ClH/c1-21-17-8-11-22(12-9-17)19(25)15-3-2-10-23(13-15)18(24)14-4-6-16(20)7-5-14;/h4-7,15,17,21H,2-3,8-13H2,1H3;1H. The van der Waals surface area contributed by atoms with Crippen LogP contribution in [0.1, 0.15) is 36.0 Å². The Balaban J connectivity index is 0.00000243. The highest BCUT2D eigenvalue weighted by Gasteiger charge is 2.32. The molecule has 2 amide bonds. The van der Waals surface area contributed by atoms with Gasteiger partial charge in [-0.25, -0.2) is 0 Å². The summed E-state index contributed by atoms with van der Waals surface area (Å²) < 4.78 is 0. The first-order valence-corrected chi connectivity index (χ1v) is 9.47. The van der Waals surface area contributed by atoms with Crippen molar-refractivity contribution in [1.29, 1.82) is 0 Å². The largest absolute Gasteiger partial charge is 0.342 e. The molecule has 0 aromatic heterocycles. The summed E-state index contributed by atoms with van der Waals surface area (Å²) in [5, 5.41) is 3.91. The molecule has 0 bridgehead atoms. The molecule has 1 atom stereocenters. The van der Waals surface area contributed by atoms with E-state index in [1.54, 1.807) is 24.3 Å². The lowest BCUT2D eigenvalue weighted by Crippen LogP contribution is -2.50. The number of rotatable bonds is 3. The number of hydrogen-bond donors (Lipinski definition) is 1. The fraction of sp³-hybridized carbons (Fsp3) is 0.579. The van der Waals surface area contributed by atoms with Crippen LogP contribution in [-0.4, -0.2) is 60.9 Å². The third-order valence-corrected chi connectivity index (χ3v) is 5.62. The van der Waals surface area contributed by atoms with Crippen molar-refractivity contribution in [1.82, 2.24) is 15.1 Å². The van der Waals surface area contributed by atoms with Crippen molar-refractivity contribution in [3.05, 3.63) is 34.9 Å². The molecule has 5 nitrogen and oxygen atoms in total. The quantitative estimate of drug-likeness (QED) is 0.849. The zero-order valence-corrected chi connectivity index (χ0v) is 16.7. The third-order valence-electron chi connectivity index (χ3n) is 5.36. The average Bonchev–Trinajstić information content (AvgIpc) is 2.67. The molecule has 2 aliphatic heterocycles. The fourth-order valence-electron chi connectivity index (χ4n) is 3.78. The van der Waals surface area contributed by atoms with Gasteiger partial charge in [0.2, 0.25) is 5.91 Å². The number of hydrogen-bond acceptors (Lipinski definition) is 3. The summed E-state index contributed by atoms with van der Waals surface area (Å²) >= 11 is 5.89. The van der Waals surface area contributed by atoms with Gasteiger partial charge >= 0.3 is 0 Å². The van der Waals surface area contributed by atoms with E-state index in [2.05, 4.69) is 5.32 Å². The van der Waals surface area contributed by atoms with Crippen molar-refractivity contribution >= 4 is 35.8 Å². The number of carbonyl (C=O) groups is 2.